The van der Waals surface area contributed by atoms with Crippen molar-refractivity contribution >= 4 is 23.5 Å². The quantitative estimate of drug-likeness (QED) is 0.600. The van der Waals surface area contributed by atoms with Gasteiger partial charge in [0.15, 0.2) is 0 Å². The SMILES string of the molecule is OC[C@@H]1O[C@@H](C(SCc2ccccc2)SCc2ccccc2)[C@@H](O)[C@@H]1O. The first-order valence-electron chi connectivity index (χ1n) is 8.62. The van der Waals surface area contributed by atoms with E-state index in [0.29, 0.717) is 0 Å². The van der Waals surface area contributed by atoms with Crippen molar-refractivity contribution in [1.82, 2.24) is 0 Å². The van der Waals surface area contributed by atoms with Crippen LogP contribution >= 0.6 is 23.5 Å². The van der Waals surface area contributed by atoms with Gasteiger partial charge >= 0.3 is 0 Å². The summed E-state index contributed by atoms with van der Waals surface area (Å²) in [5.41, 5.74) is 2.41. The first-order chi connectivity index (χ1) is 12.7. The van der Waals surface area contributed by atoms with Crippen LogP contribution in [0.15, 0.2) is 60.7 Å². The second-order valence-corrected chi connectivity index (χ2v) is 8.82. The highest BCUT2D eigenvalue weighted by Gasteiger charge is 2.46. The Bertz CT molecular complexity index is 612. The van der Waals surface area contributed by atoms with Crippen LogP contribution in [0.3, 0.4) is 0 Å². The van der Waals surface area contributed by atoms with Crippen molar-refractivity contribution in [2.45, 2.75) is 40.5 Å². The van der Waals surface area contributed by atoms with E-state index in [-0.39, 0.29) is 11.2 Å². The molecule has 0 unspecified atom stereocenters. The van der Waals surface area contributed by atoms with E-state index in [4.69, 9.17) is 4.74 Å². The lowest BCUT2D eigenvalue weighted by atomic mass is 10.1. The Morgan fingerprint density at radius 2 is 1.31 bits per heavy atom. The molecule has 3 N–H and O–H groups in total. The number of thioether (sulfide) groups is 2. The molecule has 4 nitrogen and oxygen atoms in total. The van der Waals surface area contributed by atoms with Crippen molar-refractivity contribution in [2.75, 3.05) is 6.61 Å². The fourth-order valence-corrected chi connectivity index (χ4v) is 5.62. The van der Waals surface area contributed by atoms with Crippen molar-refractivity contribution in [3.8, 4) is 0 Å². The molecule has 2 aromatic carbocycles. The summed E-state index contributed by atoms with van der Waals surface area (Å²) in [4.78, 5) is 0. The number of hydrogen-bond acceptors (Lipinski definition) is 6. The van der Waals surface area contributed by atoms with Gasteiger partial charge in [-0.1, -0.05) is 60.7 Å². The molecule has 0 spiro atoms. The molecule has 1 heterocycles. The lowest BCUT2D eigenvalue weighted by molar-refractivity contribution is -0.0177. The van der Waals surface area contributed by atoms with Gasteiger partial charge in [0.25, 0.3) is 0 Å². The van der Waals surface area contributed by atoms with Crippen LogP contribution in [0.25, 0.3) is 0 Å². The summed E-state index contributed by atoms with van der Waals surface area (Å²) in [6, 6.07) is 20.3. The number of benzene rings is 2. The Balaban J connectivity index is 1.68. The Kier molecular flexibility index (Phi) is 7.42. The summed E-state index contributed by atoms with van der Waals surface area (Å²) in [5.74, 6) is 1.58. The van der Waals surface area contributed by atoms with Crippen LogP contribution in [-0.4, -0.2) is 50.9 Å². The molecule has 0 bridgehead atoms. The third-order valence-corrected chi connectivity index (χ3v) is 7.37. The number of aliphatic hydroxyl groups is 3. The topological polar surface area (TPSA) is 69.9 Å². The second kappa shape index (κ2) is 9.78. The minimum absolute atomic E-state index is 0.0587. The maximum atomic E-state index is 10.4. The summed E-state index contributed by atoms with van der Waals surface area (Å²) < 4.78 is 5.72. The molecule has 0 aliphatic carbocycles. The van der Waals surface area contributed by atoms with Crippen LogP contribution in [-0.2, 0) is 16.2 Å². The van der Waals surface area contributed by atoms with Crippen LogP contribution in [0.5, 0.6) is 0 Å². The van der Waals surface area contributed by atoms with E-state index in [1.165, 1.54) is 11.1 Å². The van der Waals surface area contributed by atoms with E-state index in [2.05, 4.69) is 24.3 Å². The zero-order valence-corrected chi connectivity index (χ0v) is 16.0. The summed E-state index contributed by atoms with van der Waals surface area (Å²) in [7, 11) is 0. The lowest BCUT2D eigenvalue weighted by Crippen LogP contribution is -2.37. The van der Waals surface area contributed by atoms with Crippen molar-refractivity contribution < 1.29 is 20.1 Å². The van der Waals surface area contributed by atoms with Gasteiger partial charge in [-0.25, -0.2) is 0 Å². The third-order valence-electron chi connectivity index (χ3n) is 4.36. The minimum Gasteiger partial charge on any atom is -0.394 e. The zero-order valence-electron chi connectivity index (χ0n) is 14.3. The van der Waals surface area contributed by atoms with Crippen molar-refractivity contribution in [3.05, 3.63) is 71.8 Å². The van der Waals surface area contributed by atoms with Gasteiger partial charge in [0.1, 0.15) is 24.4 Å². The number of aliphatic hydroxyl groups excluding tert-OH is 3. The maximum absolute atomic E-state index is 10.4. The molecule has 1 saturated heterocycles. The summed E-state index contributed by atoms with van der Waals surface area (Å²) in [6.07, 6.45) is -3.30. The fourth-order valence-electron chi connectivity index (χ4n) is 2.90. The van der Waals surface area contributed by atoms with E-state index >= 15 is 0 Å². The van der Waals surface area contributed by atoms with Gasteiger partial charge < -0.3 is 20.1 Å². The maximum Gasteiger partial charge on any atom is 0.111 e. The minimum atomic E-state index is -1.05. The average molecular weight is 393 g/mol. The van der Waals surface area contributed by atoms with Gasteiger partial charge in [-0.05, 0) is 11.1 Å². The first-order valence-corrected chi connectivity index (χ1v) is 10.7. The molecule has 1 fully saturated rings. The number of hydrogen-bond donors (Lipinski definition) is 3. The molecule has 6 heteroatoms. The van der Waals surface area contributed by atoms with Gasteiger partial charge in [0, 0.05) is 11.5 Å². The van der Waals surface area contributed by atoms with Crippen molar-refractivity contribution in [2.24, 2.45) is 0 Å². The fraction of sp³-hybridized carbons (Fsp3) is 0.400. The standard InChI is InChI=1S/C20H24O4S2/c21-11-16-17(22)18(23)19(24-16)20(25-12-14-7-3-1-4-8-14)26-13-15-9-5-2-6-10-15/h1-10,16-23H,11-13H2/t16-,17+,18-,19+/m0/s1. The molecule has 2 aromatic rings. The summed E-state index contributed by atoms with van der Waals surface area (Å²) >= 11 is 3.39. The molecule has 140 valence electrons. The molecule has 26 heavy (non-hydrogen) atoms. The molecular formula is C20H24O4S2. The highest BCUT2D eigenvalue weighted by atomic mass is 32.2. The van der Waals surface area contributed by atoms with Gasteiger partial charge in [-0.2, -0.15) is 0 Å². The van der Waals surface area contributed by atoms with E-state index in [0.717, 1.165) is 11.5 Å². The van der Waals surface area contributed by atoms with Gasteiger partial charge in [0.2, 0.25) is 0 Å². The Labute approximate surface area is 162 Å². The number of rotatable bonds is 8. The van der Waals surface area contributed by atoms with Crippen molar-refractivity contribution in [1.29, 1.82) is 0 Å². The largest absolute Gasteiger partial charge is 0.394 e. The molecule has 0 radical (unpaired) electrons. The monoisotopic (exact) mass is 392 g/mol. The van der Waals surface area contributed by atoms with Gasteiger partial charge in [-0.15, -0.1) is 23.5 Å². The van der Waals surface area contributed by atoms with E-state index in [1.54, 1.807) is 23.5 Å². The third kappa shape index (κ3) is 5.03. The summed E-state index contributed by atoms with van der Waals surface area (Å²) in [6.45, 7) is -0.297. The normalized spacial score (nSPS) is 25.7. The second-order valence-electron chi connectivity index (χ2n) is 6.26. The van der Waals surface area contributed by atoms with Crippen LogP contribution in [0.4, 0.5) is 0 Å². The van der Waals surface area contributed by atoms with Crippen LogP contribution < -0.4 is 0 Å². The van der Waals surface area contributed by atoms with Crippen LogP contribution in [0.2, 0.25) is 0 Å². The predicted molar refractivity (Wildman–Crippen MR) is 107 cm³/mol. The smallest absolute Gasteiger partial charge is 0.111 e. The Hall–Kier alpha value is -1.02. The Morgan fingerprint density at radius 3 is 1.73 bits per heavy atom. The first kappa shape index (κ1) is 19.7. The molecule has 0 amide bonds. The highest BCUT2D eigenvalue weighted by molar-refractivity contribution is 8.16. The molecule has 0 aromatic heterocycles. The number of ether oxygens (including phenoxy) is 1. The molecule has 1 aliphatic rings. The lowest BCUT2D eigenvalue weighted by Gasteiger charge is -2.25. The molecule has 1 aliphatic heterocycles. The van der Waals surface area contributed by atoms with Crippen LogP contribution in [0, 0.1) is 0 Å². The molecule has 3 rings (SSSR count). The van der Waals surface area contributed by atoms with Gasteiger partial charge in [-0.3, -0.25) is 0 Å². The van der Waals surface area contributed by atoms with E-state index in [1.807, 2.05) is 36.4 Å². The Morgan fingerprint density at radius 1 is 0.808 bits per heavy atom. The van der Waals surface area contributed by atoms with Crippen LogP contribution in [0.1, 0.15) is 11.1 Å². The van der Waals surface area contributed by atoms with Crippen molar-refractivity contribution in [3.63, 3.8) is 0 Å². The average Bonchev–Trinajstić information content (AvgIpc) is 2.98. The zero-order chi connectivity index (χ0) is 18.4. The predicted octanol–water partition coefficient (Wildman–Crippen LogP) is 2.66. The van der Waals surface area contributed by atoms with Gasteiger partial charge in [0.05, 0.1) is 11.2 Å². The van der Waals surface area contributed by atoms with E-state index in [9.17, 15) is 15.3 Å². The summed E-state index contributed by atoms with van der Waals surface area (Å²) in [5, 5.41) is 29.9. The molecule has 4 atom stereocenters. The highest BCUT2D eigenvalue weighted by Crippen LogP contribution is 2.38. The molecule has 0 saturated carbocycles. The molecular weight excluding hydrogens is 368 g/mol. The van der Waals surface area contributed by atoms with E-state index < -0.39 is 24.4 Å².